The highest BCUT2D eigenvalue weighted by atomic mass is 32.2. The first kappa shape index (κ1) is 22.0. The molecule has 152 valence electrons. The Hall–Kier alpha value is -2.32. The van der Waals surface area contributed by atoms with Gasteiger partial charge >= 0.3 is 20.2 Å². The van der Waals surface area contributed by atoms with Crippen LogP contribution in [0.4, 0.5) is 0 Å². The SMILES string of the molecule is CC/C(=C(/CC)c1ccc(OS(C)(=O)=O)cc1)c1ccc(OS(C)(=O)=O)cc1. The van der Waals surface area contributed by atoms with Crippen molar-refractivity contribution in [2.45, 2.75) is 26.7 Å². The minimum absolute atomic E-state index is 0.266. The smallest absolute Gasteiger partial charge is 0.306 e. The molecule has 0 saturated carbocycles. The standard InChI is InChI=1S/C20H24O6S2/c1-5-19(15-7-11-17(12-8-15)25-27(3,21)22)20(6-2)16-9-13-18(14-10-16)26-28(4,23)24/h7-14H,5-6H2,1-4H3/b20-19+. The molecule has 0 N–H and O–H groups in total. The van der Waals surface area contributed by atoms with Crippen molar-refractivity contribution in [3.63, 3.8) is 0 Å². The van der Waals surface area contributed by atoms with Crippen LogP contribution in [0.15, 0.2) is 48.5 Å². The lowest BCUT2D eigenvalue weighted by molar-refractivity contribution is 0.491. The lowest BCUT2D eigenvalue weighted by Gasteiger charge is -2.15. The van der Waals surface area contributed by atoms with Crippen molar-refractivity contribution >= 4 is 31.4 Å². The van der Waals surface area contributed by atoms with Crippen LogP contribution >= 0.6 is 0 Å². The molecule has 2 rings (SSSR count). The van der Waals surface area contributed by atoms with E-state index < -0.39 is 20.2 Å². The van der Waals surface area contributed by atoms with E-state index in [9.17, 15) is 16.8 Å². The molecule has 2 aromatic carbocycles. The van der Waals surface area contributed by atoms with E-state index in [1.54, 1.807) is 24.3 Å². The molecule has 0 saturated heterocycles. The van der Waals surface area contributed by atoms with Gasteiger partial charge in [0.15, 0.2) is 0 Å². The number of hydrogen-bond acceptors (Lipinski definition) is 6. The molecule has 0 fully saturated rings. The number of hydrogen-bond donors (Lipinski definition) is 0. The number of allylic oxidation sites excluding steroid dienone is 2. The van der Waals surface area contributed by atoms with Gasteiger partial charge in [-0.05, 0) is 59.4 Å². The predicted molar refractivity (Wildman–Crippen MR) is 111 cm³/mol. The van der Waals surface area contributed by atoms with Crippen LogP contribution in [-0.2, 0) is 20.2 Å². The Morgan fingerprint density at radius 1 is 0.643 bits per heavy atom. The fraction of sp³-hybridized carbons (Fsp3) is 0.300. The molecule has 0 heterocycles. The molecule has 0 amide bonds. The van der Waals surface area contributed by atoms with Gasteiger partial charge in [-0.25, -0.2) is 0 Å². The fourth-order valence-electron chi connectivity index (χ4n) is 2.96. The lowest BCUT2D eigenvalue weighted by atomic mass is 9.91. The summed E-state index contributed by atoms with van der Waals surface area (Å²) in [6, 6.07) is 13.8. The average molecular weight is 425 g/mol. The topological polar surface area (TPSA) is 86.7 Å². The quantitative estimate of drug-likeness (QED) is 0.468. The third kappa shape index (κ3) is 6.38. The zero-order valence-electron chi connectivity index (χ0n) is 16.3. The van der Waals surface area contributed by atoms with Crippen LogP contribution in [0.1, 0.15) is 37.8 Å². The monoisotopic (exact) mass is 424 g/mol. The van der Waals surface area contributed by atoms with Gasteiger partial charge in [0, 0.05) is 0 Å². The third-order valence-electron chi connectivity index (χ3n) is 3.97. The molecule has 0 spiro atoms. The van der Waals surface area contributed by atoms with E-state index in [0.717, 1.165) is 47.6 Å². The van der Waals surface area contributed by atoms with E-state index in [4.69, 9.17) is 8.37 Å². The Kier molecular flexibility index (Phi) is 6.90. The Bertz CT molecular complexity index is 961. The highest BCUT2D eigenvalue weighted by Crippen LogP contribution is 2.33. The number of benzene rings is 2. The van der Waals surface area contributed by atoms with E-state index in [2.05, 4.69) is 0 Å². The molecule has 0 radical (unpaired) electrons. The van der Waals surface area contributed by atoms with Gasteiger partial charge in [-0.1, -0.05) is 38.1 Å². The minimum atomic E-state index is -3.56. The van der Waals surface area contributed by atoms with Crippen molar-refractivity contribution in [1.82, 2.24) is 0 Å². The van der Waals surface area contributed by atoms with Crippen molar-refractivity contribution < 1.29 is 25.2 Å². The summed E-state index contributed by atoms with van der Waals surface area (Å²) in [6.45, 7) is 4.10. The summed E-state index contributed by atoms with van der Waals surface area (Å²) in [4.78, 5) is 0. The zero-order valence-corrected chi connectivity index (χ0v) is 17.9. The maximum atomic E-state index is 11.3. The lowest BCUT2D eigenvalue weighted by Crippen LogP contribution is -2.05. The van der Waals surface area contributed by atoms with Crippen molar-refractivity contribution in [2.75, 3.05) is 12.5 Å². The Morgan fingerprint density at radius 3 is 1.14 bits per heavy atom. The van der Waals surface area contributed by atoms with E-state index in [1.165, 1.54) is 0 Å². The van der Waals surface area contributed by atoms with E-state index in [1.807, 2.05) is 38.1 Å². The van der Waals surface area contributed by atoms with Gasteiger partial charge in [0.2, 0.25) is 0 Å². The molecule has 0 aliphatic carbocycles. The molecule has 6 nitrogen and oxygen atoms in total. The van der Waals surface area contributed by atoms with Gasteiger partial charge in [-0.3, -0.25) is 0 Å². The van der Waals surface area contributed by atoms with Crippen molar-refractivity contribution in [3.05, 3.63) is 59.7 Å². The second-order valence-corrected chi connectivity index (χ2v) is 9.44. The maximum Gasteiger partial charge on any atom is 0.306 e. The normalized spacial score (nSPS) is 13.0. The van der Waals surface area contributed by atoms with E-state index in [-0.39, 0.29) is 11.5 Å². The van der Waals surface area contributed by atoms with E-state index >= 15 is 0 Å². The van der Waals surface area contributed by atoms with Crippen molar-refractivity contribution in [2.24, 2.45) is 0 Å². The molecule has 2 aromatic rings. The summed E-state index contributed by atoms with van der Waals surface area (Å²) in [5.41, 5.74) is 4.17. The van der Waals surface area contributed by atoms with Crippen molar-refractivity contribution in [3.8, 4) is 11.5 Å². The molecule has 0 unspecified atom stereocenters. The number of rotatable bonds is 8. The van der Waals surface area contributed by atoms with Crippen LogP contribution < -0.4 is 8.37 Å². The van der Waals surface area contributed by atoms with E-state index in [0.29, 0.717) is 0 Å². The van der Waals surface area contributed by atoms with Gasteiger partial charge in [-0.15, -0.1) is 0 Å². The molecular weight excluding hydrogens is 400 g/mol. The van der Waals surface area contributed by atoms with Crippen LogP contribution in [0.25, 0.3) is 11.1 Å². The molecule has 28 heavy (non-hydrogen) atoms. The Balaban J connectivity index is 2.39. The predicted octanol–water partition coefficient (Wildman–Crippen LogP) is 4.09. The second kappa shape index (κ2) is 8.79. The average Bonchev–Trinajstić information content (AvgIpc) is 2.59. The van der Waals surface area contributed by atoms with Crippen molar-refractivity contribution in [1.29, 1.82) is 0 Å². The summed E-state index contributed by atoms with van der Waals surface area (Å²) in [5, 5.41) is 0. The van der Waals surface area contributed by atoms with Gasteiger partial charge < -0.3 is 8.37 Å². The minimum Gasteiger partial charge on any atom is -0.383 e. The molecular formula is C20H24O6S2. The largest absolute Gasteiger partial charge is 0.383 e. The second-order valence-electron chi connectivity index (χ2n) is 6.29. The summed E-state index contributed by atoms with van der Waals surface area (Å²) >= 11 is 0. The highest BCUT2D eigenvalue weighted by molar-refractivity contribution is 7.86. The third-order valence-corrected chi connectivity index (χ3v) is 4.96. The zero-order chi connectivity index (χ0) is 20.9. The molecule has 0 aliphatic heterocycles. The Morgan fingerprint density at radius 2 is 0.929 bits per heavy atom. The first-order valence-corrected chi connectivity index (χ1v) is 12.4. The molecule has 0 atom stereocenters. The summed E-state index contributed by atoms with van der Waals surface area (Å²) in [5.74, 6) is 0.532. The molecule has 0 aromatic heterocycles. The maximum absolute atomic E-state index is 11.3. The van der Waals surface area contributed by atoms with Crippen LogP contribution in [0.2, 0.25) is 0 Å². The molecule has 0 bridgehead atoms. The van der Waals surface area contributed by atoms with Gasteiger partial charge in [0.05, 0.1) is 12.5 Å². The molecule has 8 heteroatoms. The van der Waals surface area contributed by atoms with Crippen LogP contribution in [0, 0.1) is 0 Å². The van der Waals surface area contributed by atoms with Gasteiger partial charge in [-0.2, -0.15) is 16.8 Å². The summed E-state index contributed by atoms with van der Waals surface area (Å²) in [7, 11) is -7.13. The summed E-state index contributed by atoms with van der Waals surface area (Å²) < 4.78 is 54.8. The van der Waals surface area contributed by atoms with Crippen LogP contribution in [0.3, 0.4) is 0 Å². The first-order chi connectivity index (χ1) is 13.0. The fourth-order valence-corrected chi connectivity index (χ4v) is 3.88. The first-order valence-electron chi connectivity index (χ1n) is 8.74. The van der Waals surface area contributed by atoms with Crippen LogP contribution in [0.5, 0.6) is 11.5 Å². The highest BCUT2D eigenvalue weighted by Gasteiger charge is 2.11. The van der Waals surface area contributed by atoms with Crippen LogP contribution in [-0.4, -0.2) is 29.3 Å². The van der Waals surface area contributed by atoms with Gasteiger partial charge in [0.25, 0.3) is 0 Å². The van der Waals surface area contributed by atoms with Gasteiger partial charge in [0.1, 0.15) is 11.5 Å². The Labute approximate surface area is 167 Å². The summed E-state index contributed by atoms with van der Waals surface area (Å²) in [6.07, 6.45) is 3.56. The molecule has 0 aliphatic rings.